The molecule has 1 unspecified atom stereocenters. The molecule has 1 aliphatic carbocycles. The van der Waals surface area contributed by atoms with Crippen molar-refractivity contribution in [1.82, 2.24) is 25.1 Å². The van der Waals surface area contributed by atoms with Gasteiger partial charge in [0.25, 0.3) is 5.91 Å². The molecule has 6 rings (SSSR count). The van der Waals surface area contributed by atoms with Gasteiger partial charge in [-0.25, -0.2) is 14.4 Å². The fourth-order valence-corrected chi connectivity index (χ4v) is 8.36. The molecule has 9 nitrogen and oxygen atoms in total. The molecule has 2 aromatic rings. The number of likely N-dealkylation sites (tertiary alicyclic amines) is 1. The molecule has 244 valence electrons. The summed E-state index contributed by atoms with van der Waals surface area (Å²) in [5.41, 5.74) is 0.523. The van der Waals surface area contributed by atoms with E-state index in [1.807, 2.05) is 27.7 Å². The van der Waals surface area contributed by atoms with Gasteiger partial charge in [0.15, 0.2) is 11.6 Å². The van der Waals surface area contributed by atoms with E-state index in [-0.39, 0.29) is 46.3 Å². The first-order valence-electron chi connectivity index (χ1n) is 16.9. The number of nitrogens with one attached hydrogen (secondary N) is 1. The normalized spacial score (nSPS) is 26.4. The van der Waals surface area contributed by atoms with Crippen LogP contribution in [0.5, 0.6) is 11.5 Å². The average molecular weight is 621 g/mol. The molecule has 0 radical (unpaired) electrons. The van der Waals surface area contributed by atoms with Gasteiger partial charge in [-0.1, -0.05) is 6.92 Å². The highest BCUT2D eigenvalue weighted by atomic mass is 19.1. The molecule has 1 aromatic carbocycles. The summed E-state index contributed by atoms with van der Waals surface area (Å²) >= 11 is 0. The van der Waals surface area contributed by atoms with Crippen LogP contribution in [0.1, 0.15) is 89.9 Å². The lowest BCUT2D eigenvalue weighted by atomic mass is 9.71. The second kappa shape index (κ2) is 12.5. The number of rotatable bonds is 8. The van der Waals surface area contributed by atoms with Crippen molar-refractivity contribution in [3.63, 3.8) is 0 Å². The molecular formula is C35H49FN6O3. The number of ether oxygens (including phenoxy) is 1. The molecule has 2 amide bonds. The number of piperidine rings is 1. The minimum absolute atomic E-state index is 0.0483. The van der Waals surface area contributed by atoms with Crippen molar-refractivity contribution in [2.75, 3.05) is 37.6 Å². The van der Waals surface area contributed by atoms with E-state index in [0.717, 1.165) is 64.8 Å². The lowest BCUT2D eigenvalue weighted by molar-refractivity contribution is -0.122. The smallest absolute Gasteiger partial charge is 0.258 e. The molecule has 1 saturated carbocycles. The minimum atomic E-state index is -0.483. The molecule has 1 atom stereocenters. The van der Waals surface area contributed by atoms with Crippen LogP contribution >= 0.6 is 0 Å². The van der Waals surface area contributed by atoms with Crippen molar-refractivity contribution in [3.05, 3.63) is 42.1 Å². The summed E-state index contributed by atoms with van der Waals surface area (Å²) in [6.07, 6.45) is 11.1. The summed E-state index contributed by atoms with van der Waals surface area (Å²) < 4.78 is 20.7. The van der Waals surface area contributed by atoms with Crippen LogP contribution in [-0.2, 0) is 4.79 Å². The predicted molar refractivity (Wildman–Crippen MR) is 172 cm³/mol. The van der Waals surface area contributed by atoms with E-state index >= 15 is 0 Å². The van der Waals surface area contributed by atoms with Gasteiger partial charge in [-0.05, 0) is 110 Å². The first kappa shape index (κ1) is 31.7. The van der Waals surface area contributed by atoms with Crippen molar-refractivity contribution in [2.24, 2.45) is 17.3 Å². The second-order valence-electron chi connectivity index (χ2n) is 14.8. The maximum absolute atomic E-state index is 14.4. The molecular weight excluding hydrogens is 571 g/mol. The van der Waals surface area contributed by atoms with Crippen molar-refractivity contribution in [3.8, 4) is 11.5 Å². The second-order valence-corrected chi connectivity index (χ2v) is 14.8. The Hall–Kier alpha value is -3.27. The van der Waals surface area contributed by atoms with Crippen molar-refractivity contribution in [2.45, 2.75) is 97.2 Å². The third-order valence-corrected chi connectivity index (χ3v) is 10.8. The fraction of sp³-hybridized carbons (Fsp3) is 0.657. The van der Waals surface area contributed by atoms with Crippen LogP contribution in [0.15, 0.2) is 30.7 Å². The zero-order valence-corrected chi connectivity index (χ0v) is 27.5. The van der Waals surface area contributed by atoms with E-state index in [1.165, 1.54) is 37.4 Å². The van der Waals surface area contributed by atoms with Crippen molar-refractivity contribution >= 4 is 17.6 Å². The number of amides is 2. The van der Waals surface area contributed by atoms with E-state index < -0.39 is 5.82 Å². The fourth-order valence-electron chi connectivity index (χ4n) is 8.36. The highest BCUT2D eigenvalue weighted by Crippen LogP contribution is 2.46. The summed E-state index contributed by atoms with van der Waals surface area (Å²) in [6, 6.07) is 3.99. The molecule has 3 saturated heterocycles. The van der Waals surface area contributed by atoms with E-state index in [9.17, 15) is 14.0 Å². The zero-order chi connectivity index (χ0) is 31.9. The summed E-state index contributed by atoms with van der Waals surface area (Å²) in [5.74, 6) is 1.82. The molecule has 1 N–H and O–H groups in total. The Morgan fingerprint density at radius 2 is 1.78 bits per heavy atom. The van der Waals surface area contributed by atoms with Crippen LogP contribution in [0.3, 0.4) is 0 Å². The third kappa shape index (κ3) is 6.53. The maximum Gasteiger partial charge on any atom is 0.258 e. The van der Waals surface area contributed by atoms with Crippen LogP contribution in [-0.4, -0.2) is 81.9 Å². The number of nitrogens with zero attached hydrogens (tertiary/aromatic N) is 5. The molecule has 4 aliphatic rings. The number of benzene rings is 1. The van der Waals surface area contributed by atoms with Gasteiger partial charge in [0.2, 0.25) is 5.91 Å². The first-order chi connectivity index (χ1) is 21.5. The Morgan fingerprint density at radius 3 is 2.40 bits per heavy atom. The van der Waals surface area contributed by atoms with Crippen LogP contribution in [0.4, 0.5) is 10.2 Å². The Kier molecular flexibility index (Phi) is 8.80. The number of aromatic nitrogens is 2. The minimum Gasteiger partial charge on any atom is -0.451 e. The average Bonchev–Trinajstić information content (AvgIpc) is 3.26. The summed E-state index contributed by atoms with van der Waals surface area (Å²) in [5, 5.41) is 3.32. The molecule has 2 spiro atoms. The first-order valence-corrected chi connectivity index (χ1v) is 16.9. The standard InChI is InChI=1S/C35H49FN6O3/c1-23(2)42(24(3)4)33(44)28-16-27(36)6-7-29(28)45-30-18-37-22-38-31(30)41-20-34(21-41)12-14-40(15-13-34)19-26-8-10-35(11-9-26)17-25(5)32(43)39-35/h6-7,16,18,22-26H,8-15,17,19-21H2,1-5H3,(H,39,43). The zero-order valence-electron chi connectivity index (χ0n) is 27.5. The van der Waals surface area contributed by atoms with Crippen LogP contribution in [0.2, 0.25) is 0 Å². The number of hydrogen-bond acceptors (Lipinski definition) is 7. The predicted octanol–water partition coefficient (Wildman–Crippen LogP) is 5.65. The van der Waals surface area contributed by atoms with Gasteiger partial charge in [0, 0.05) is 48.6 Å². The van der Waals surface area contributed by atoms with Gasteiger partial charge >= 0.3 is 0 Å². The van der Waals surface area contributed by atoms with Gasteiger partial charge in [-0.3, -0.25) is 9.59 Å². The highest BCUT2D eigenvalue weighted by Gasteiger charge is 2.47. The van der Waals surface area contributed by atoms with E-state index in [2.05, 4.69) is 32.0 Å². The lowest BCUT2D eigenvalue weighted by Crippen LogP contribution is -2.61. The largest absolute Gasteiger partial charge is 0.451 e. The molecule has 45 heavy (non-hydrogen) atoms. The SMILES string of the molecule is CC1CC2(CCC(CN3CCC4(CC3)CN(c3ncncc3Oc3ccc(F)cc3C(=O)N(C(C)C)C(C)C)C4)CC2)NC1=O. The highest BCUT2D eigenvalue weighted by molar-refractivity contribution is 5.97. The van der Waals surface area contributed by atoms with Gasteiger partial charge in [-0.2, -0.15) is 0 Å². The number of hydrogen-bond donors (Lipinski definition) is 1. The summed E-state index contributed by atoms with van der Waals surface area (Å²) in [7, 11) is 0. The quantitative estimate of drug-likeness (QED) is 0.408. The Labute approximate surface area is 266 Å². The molecule has 1 aromatic heterocycles. The molecule has 0 bridgehead atoms. The lowest BCUT2D eigenvalue weighted by Gasteiger charge is -2.55. The van der Waals surface area contributed by atoms with Gasteiger partial charge in [0.1, 0.15) is 17.9 Å². The monoisotopic (exact) mass is 620 g/mol. The van der Waals surface area contributed by atoms with Gasteiger partial charge in [-0.15, -0.1) is 0 Å². The summed E-state index contributed by atoms with van der Waals surface area (Å²) in [6.45, 7) is 15.1. The van der Waals surface area contributed by atoms with Crippen LogP contribution in [0, 0.1) is 23.1 Å². The van der Waals surface area contributed by atoms with E-state index in [0.29, 0.717) is 23.2 Å². The van der Waals surface area contributed by atoms with Gasteiger partial charge in [0.05, 0.1) is 11.8 Å². The molecule has 4 heterocycles. The van der Waals surface area contributed by atoms with Crippen LogP contribution in [0.25, 0.3) is 0 Å². The number of carbonyl (C=O) groups excluding carboxylic acids is 2. The van der Waals surface area contributed by atoms with Crippen molar-refractivity contribution < 1.29 is 18.7 Å². The number of carbonyl (C=O) groups is 2. The topological polar surface area (TPSA) is 90.9 Å². The van der Waals surface area contributed by atoms with Crippen molar-refractivity contribution in [1.29, 1.82) is 0 Å². The molecule has 3 aliphatic heterocycles. The molecule has 10 heteroatoms. The number of anilines is 1. The molecule has 4 fully saturated rings. The maximum atomic E-state index is 14.4. The van der Waals surface area contributed by atoms with Gasteiger partial charge < -0.3 is 24.8 Å². The Bertz CT molecular complexity index is 1380. The number of halogens is 1. The van der Waals surface area contributed by atoms with Crippen LogP contribution < -0.4 is 15.0 Å². The Balaban J connectivity index is 1.05. The third-order valence-electron chi connectivity index (χ3n) is 10.8. The van der Waals surface area contributed by atoms with E-state index in [1.54, 1.807) is 11.1 Å². The van der Waals surface area contributed by atoms with E-state index in [4.69, 9.17) is 4.74 Å². The Morgan fingerprint density at radius 1 is 1.09 bits per heavy atom. The summed E-state index contributed by atoms with van der Waals surface area (Å²) in [4.78, 5) is 41.0.